The van der Waals surface area contributed by atoms with E-state index in [0.29, 0.717) is 12.0 Å². The van der Waals surface area contributed by atoms with Crippen LogP contribution in [0.5, 0.6) is 0 Å². The molecule has 0 spiro atoms. The molecule has 0 saturated heterocycles. The van der Waals surface area contributed by atoms with Gasteiger partial charge in [-0.05, 0) is 25.7 Å². The average molecular weight is 171 g/mol. The van der Waals surface area contributed by atoms with Crippen molar-refractivity contribution in [3.8, 4) is 0 Å². The van der Waals surface area contributed by atoms with Gasteiger partial charge in [-0.15, -0.1) is 0 Å². The Balaban J connectivity index is 3.27. The number of ether oxygens (including phenoxy) is 1. The molecule has 12 heavy (non-hydrogen) atoms. The van der Waals surface area contributed by atoms with Gasteiger partial charge < -0.3 is 4.74 Å². The minimum absolute atomic E-state index is 0.391. The standard InChI is InChI=1S/C11H23O/c1-5-7-10(3)9-12-11(4)8-6-2/h10-11H,2,5-9H2,1,3-4H3. The Kier molecular flexibility index (Phi) is 7.58. The van der Waals surface area contributed by atoms with E-state index in [1.54, 1.807) is 0 Å². The van der Waals surface area contributed by atoms with Gasteiger partial charge >= 0.3 is 0 Å². The van der Waals surface area contributed by atoms with Gasteiger partial charge in [0.05, 0.1) is 6.10 Å². The van der Waals surface area contributed by atoms with E-state index < -0.39 is 0 Å². The maximum absolute atomic E-state index is 5.66. The molecule has 0 aliphatic rings. The summed E-state index contributed by atoms with van der Waals surface area (Å²) in [6.07, 6.45) is 4.98. The molecule has 2 atom stereocenters. The third-order valence-corrected chi connectivity index (χ3v) is 2.06. The van der Waals surface area contributed by atoms with E-state index in [0.717, 1.165) is 19.4 Å². The lowest BCUT2D eigenvalue weighted by atomic mass is 10.1. The number of hydrogen-bond acceptors (Lipinski definition) is 1. The lowest BCUT2D eigenvalue weighted by Gasteiger charge is -2.15. The molecule has 1 nitrogen and oxygen atoms in total. The van der Waals surface area contributed by atoms with E-state index in [-0.39, 0.29) is 0 Å². The zero-order valence-corrected chi connectivity index (χ0v) is 8.81. The van der Waals surface area contributed by atoms with Crippen LogP contribution in [0.3, 0.4) is 0 Å². The van der Waals surface area contributed by atoms with Crippen molar-refractivity contribution < 1.29 is 4.74 Å². The third kappa shape index (κ3) is 6.66. The van der Waals surface area contributed by atoms with Gasteiger partial charge in [0.15, 0.2) is 0 Å². The van der Waals surface area contributed by atoms with Crippen LogP contribution in [0.1, 0.15) is 46.5 Å². The molecule has 0 aliphatic heterocycles. The molecule has 0 aliphatic carbocycles. The highest BCUT2D eigenvalue weighted by molar-refractivity contribution is 4.55. The van der Waals surface area contributed by atoms with Gasteiger partial charge in [-0.3, -0.25) is 0 Å². The van der Waals surface area contributed by atoms with E-state index in [4.69, 9.17) is 4.74 Å². The lowest BCUT2D eigenvalue weighted by Crippen LogP contribution is -2.13. The summed E-state index contributed by atoms with van der Waals surface area (Å²) >= 11 is 0. The number of rotatable bonds is 7. The molecule has 0 heterocycles. The highest BCUT2D eigenvalue weighted by atomic mass is 16.5. The Hall–Kier alpha value is -0.0400. The first kappa shape index (κ1) is 12.0. The summed E-state index contributed by atoms with van der Waals surface area (Å²) in [6, 6.07) is 0. The van der Waals surface area contributed by atoms with E-state index in [9.17, 15) is 0 Å². The second-order valence-electron chi connectivity index (χ2n) is 3.68. The zero-order chi connectivity index (χ0) is 9.40. The van der Waals surface area contributed by atoms with Crippen LogP contribution in [0, 0.1) is 12.8 Å². The molecular formula is C11H23O. The molecule has 0 amide bonds. The van der Waals surface area contributed by atoms with E-state index in [1.807, 2.05) is 0 Å². The fraction of sp³-hybridized carbons (Fsp3) is 0.909. The Morgan fingerprint density at radius 1 is 1.25 bits per heavy atom. The molecule has 73 valence electrons. The van der Waals surface area contributed by atoms with Crippen LogP contribution in [0.15, 0.2) is 0 Å². The van der Waals surface area contributed by atoms with Gasteiger partial charge in [0.1, 0.15) is 0 Å². The van der Waals surface area contributed by atoms with Crippen LogP contribution in [0.4, 0.5) is 0 Å². The second-order valence-corrected chi connectivity index (χ2v) is 3.68. The van der Waals surface area contributed by atoms with E-state index >= 15 is 0 Å². The third-order valence-electron chi connectivity index (χ3n) is 2.06. The first-order valence-corrected chi connectivity index (χ1v) is 5.11. The summed E-state index contributed by atoms with van der Waals surface area (Å²) in [5, 5.41) is 0. The fourth-order valence-electron chi connectivity index (χ4n) is 1.28. The molecule has 1 heteroatoms. The first-order chi connectivity index (χ1) is 5.70. The summed E-state index contributed by atoms with van der Waals surface area (Å²) in [5.41, 5.74) is 0. The molecule has 1 radical (unpaired) electrons. The van der Waals surface area contributed by atoms with Crippen LogP contribution in [-0.4, -0.2) is 12.7 Å². The van der Waals surface area contributed by atoms with Crippen LogP contribution >= 0.6 is 0 Å². The van der Waals surface area contributed by atoms with E-state index in [1.165, 1.54) is 12.8 Å². The summed E-state index contributed by atoms with van der Waals surface area (Å²) in [5.74, 6) is 0.710. The molecule has 0 N–H and O–H groups in total. The average Bonchev–Trinajstić information content (AvgIpc) is 2.02. The largest absolute Gasteiger partial charge is 0.378 e. The number of hydrogen-bond donors (Lipinski definition) is 0. The van der Waals surface area contributed by atoms with Crippen LogP contribution in [-0.2, 0) is 4.74 Å². The predicted molar refractivity (Wildman–Crippen MR) is 54.1 cm³/mol. The highest BCUT2D eigenvalue weighted by Crippen LogP contribution is 2.08. The summed E-state index contributed by atoms with van der Waals surface area (Å²) in [4.78, 5) is 0. The quantitative estimate of drug-likeness (QED) is 0.570. The maximum Gasteiger partial charge on any atom is 0.0547 e. The Morgan fingerprint density at radius 2 is 1.92 bits per heavy atom. The molecule has 2 unspecified atom stereocenters. The molecular weight excluding hydrogens is 148 g/mol. The van der Waals surface area contributed by atoms with Crippen molar-refractivity contribution in [1.29, 1.82) is 0 Å². The molecule has 0 saturated carbocycles. The molecule has 0 aromatic rings. The van der Waals surface area contributed by atoms with Crippen molar-refractivity contribution in [2.45, 2.75) is 52.6 Å². The molecule has 0 aromatic carbocycles. The van der Waals surface area contributed by atoms with E-state index in [2.05, 4.69) is 27.7 Å². The SMILES string of the molecule is [CH2]CCC(C)OCC(C)CCC. The minimum Gasteiger partial charge on any atom is -0.378 e. The predicted octanol–water partition coefficient (Wildman–Crippen LogP) is 3.44. The molecule has 0 rings (SSSR count). The maximum atomic E-state index is 5.66. The van der Waals surface area contributed by atoms with Crippen molar-refractivity contribution in [2.75, 3.05) is 6.61 Å². The van der Waals surface area contributed by atoms with Crippen molar-refractivity contribution >= 4 is 0 Å². The highest BCUT2D eigenvalue weighted by Gasteiger charge is 2.04. The van der Waals surface area contributed by atoms with Crippen molar-refractivity contribution in [3.63, 3.8) is 0 Å². The minimum atomic E-state index is 0.391. The Labute approximate surface area is 77.5 Å². The first-order valence-electron chi connectivity index (χ1n) is 5.11. The Morgan fingerprint density at radius 3 is 2.42 bits per heavy atom. The van der Waals surface area contributed by atoms with Crippen LogP contribution in [0.2, 0.25) is 0 Å². The monoisotopic (exact) mass is 171 g/mol. The van der Waals surface area contributed by atoms with Crippen molar-refractivity contribution in [1.82, 2.24) is 0 Å². The van der Waals surface area contributed by atoms with Gasteiger partial charge in [-0.2, -0.15) is 0 Å². The molecule has 0 fully saturated rings. The van der Waals surface area contributed by atoms with Gasteiger partial charge in [0, 0.05) is 6.61 Å². The Bertz CT molecular complexity index is 79.0. The smallest absolute Gasteiger partial charge is 0.0547 e. The lowest BCUT2D eigenvalue weighted by molar-refractivity contribution is 0.0376. The van der Waals surface area contributed by atoms with Crippen molar-refractivity contribution in [3.05, 3.63) is 6.92 Å². The van der Waals surface area contributed by atoms with Crippen LogP contribution in [0.25, 0.3) is 0 Å². The van der Waals surface area contributed by atoms with Gasteiger partial charge in [0.2, 0.25) is 0 Å². The zero-order valence-electron chi connectivity index (χ0n) is 8.81. The van der Waals surface area contributed by atoms with Crippen LogP contribution < -0.4 is 0 Å². The fourth-order valence-corrected chi connectivity index (χ4v) is 1.28. The molecule has 0 bridgehead atoms. The topological polar surface area (TPSA) is 9.23 Å². The van der Waals surface area contributed by atoms with Crippen molar-refractivity contribution in [2.24, 2.45) is 5.92 Å². The van der Waals surface area contributed by atoms with Gasteiger partial charge in [0.25, 0.3) is 0 Å². The second kappa shape index (κ2) is 7.60. The molecule has 0 aromatic heterocycles. The summed E-state index contributed by atoms with van der Waals surface area (Å²) in [6.45, 7) is 11.3. The summed E-state index contributed by atoms with van der Waals surface area (Å²) < 4.78 is 5.66. The normalized spacial score (nSPS) is 16.0. The van der Waals surface area contributed by atoms with Gasteiger partial charge in [-0.1, -0.05) is 33.6 Å². The van der Waals surface area contributed by atoms with Gasteiger partial charge in [-0.25, -0.2) is 0 Å². The summed E-state index contributed by atoms with van der Waals surface area (Å²) in [7, 11) is 0.